The Morgan fingerprint density at radius 3 is 2.42 bits per heavy atom. The molecule has 0 heterocycles. The first-order chi connectivity index (χ1) is 12.4. The molecule has 2 N–H and O–H groups in total. The first-order valence-electron chi connectivity index (χ1n) is 9.23. The molecule has 4 bridgehead atoms. The minimum absolute atomic E-state index is 0.279. The summed E-state index contributed by atoms with van der Waals surface area (Å²) in [6.45, 7) is -0.279. The lowest BCUT2D eigenvalue weighted by Crippen LogP contribution is -2.58. The zero-order valence-electron chi connectivity index (χ0n) is 15.0. The lowest BCUT2D eigenvalue weighted by molar-refractivity contribution is -0.196. The average Bonchev–Trinajstić information content (AvgIpc) is 2.58. The van der Waals surface area contributed by atoms with Crippen molar-refractivity contribution in [3.8, 4) is 0 Å². The van der Waals surface area contributed by atoms with Crippen LogP contribution in [0.5, 0.6) is 0 Å². The van der Waals surface area contributed by atoms with E-state index in [2.05, 4.69) is 5.32 Å². The normalized spacial score (nSPS) is 34.5. The van der Waals surface area contributed by atoms with Gasteiger partial charge in [0.2, 0.25) is 0 Å². The molecule has 0 saturated heterocycles. The van der Waals surface area contributed by atoms with Gasteiger partial charge >= 0.3 is 5.97 Å². The average molecular weight is 375 g/mol. The zero-order valence-corrected chi connectivity index (χ0v) is 15.8. The van der Waals surface area contributed by atoms with Crippen molar-refractivity contribution in [1.29, 1.82) is 0 Å². The summed E-state index contributed by atoms with van der Waals surface area (Å²) < 4.78 is 5.38. The fourth-order valence-electron chi connectivity index (χ4n) is 5.61. The van der Waals surface area contributed by atoms with Crippen LogP contribution in [-0.4, -0.2) is 35.4 Å². The molecular formula is C20H25NO4S. The summed E-state index contributed by atoms with van der Waals surface area (Å²) in [5.74, 6) is 0.187. The van der Waals surface area contributed by atoms with Gasteiger partial charge in [0, 0.05) is 10.6 Å². The van der Waals surface area contributed by atoms with Gasteiger partial charge in [-0.25, -0.2) is 0 Å². The lowest BCUT2D eigenvalue weighted by Gasteiger charge is -2.58. The van der Waals surface area contributed by atoms with Crippen LogP contribution in [0.2, 0.25) is 0 Å². The summed E-state index contributed by atoms with van der Waals surface area (Å²) >= 11 is 1.63. The number of carbonyl (C=O) groups excluding carboxylic acids is 2. The van der Waals surface area contributed by atoms with Gasteiger partial charge in [-0.3, -0.25) is 9.59 Å². The number of rotatable bonds is 5. The molecule has 1 aromatic rings. The summed E-state index contributed by atoms with van der Waals surface area (Å²) in [7, 11) is 0. The monoisotopic (exact) mass is 375 g/mol. The largest absolute Gasteiger partial charge is 0.455 e. The second-order valence-electron chi connectivity index (χ2n) is 8.32. The number of aliphatic hydroxyl groups is 1. The highest BCUT2D eigenvalue weighted by molar-refractivity contribution is 7.98. The van der Waals surface area contributed by atoms with Crippen LogP contribution < -0.4 is 5.32 Å². The SMILES string of the molecule is CSc1ccc(NC(=O)COC(=O)C23CC4CC(CC(O)(C4)C2)C3)cc1. The highest BCUT2D eigenvalue weighted by Gasteiger charge is 2.60. The molecule has 4 aliphatic carbocycles. The maximum Gasteiger partial charge on any atom is 0.312 e. The second-order valence-corrected chi connectivity index (χ2v) is 9.20. The summed E-state index contributed by atoms with van der Waals surface area (Å²) in [5.41, 5.74) is -0.600. The van der Waals surface area contributed by atoms with Crippen molar-refractivity contribution >= 4 is 29.3 Å². The fraction of sp³-hybridized carbons (Fsp3) is 0.600. The minimum atomic E-state index is -0.704. The van der Waals surface area contributed by atoms with Gasteiger partial charge in [0.15, 0.2) is 6.61 Å². The molecule has 26 heavy (non-hydrogen) atoms. The summed E-state index contributed by atoms with van der Waals surface area (Å²) in [5, 5.41) is 13.5. The smallest absolute Gasteiger partial charge is 0.312 e. The van der Waals surface area contributed by atoms with E-state index in [0.717, 1.165) is 37.0 Å². The molecule has 0 radical (unpaired) electrons. The van der Waals surface area contributed by atoms with Gasteiger partial charge in [-0.1, -0.05) is 0 Å². The van der Waals surface area contributed by atoms with E-state index in [0.29, 0.717) is 23.9 Å². The van der Waals surface area contributed by atoms with Gasteiger partial charge in [-0.2, -0.15) is 0 Å². The Hall–Kier alpha value is -1.53. The summed E-state index contributed by atoms with van der Waals surface area (Å²) in [4.78, 5) is 26.0. The van der Waals surface area contributed by atoms with E-state index in [-0.39, 0.29) is 18.5 Å². The van der Waals surface area contributed by atoms with Gasteiger partial charge in [-0.15, -0.1) is 11.8 Å². The Labute approximate surface area is 157 Å². The van der Waals surface area contributed by atoms with Crippen molar-refractivity contribution < 1.29 is 19.4 Å². The molecule has 5 nitrogen and oxygen atoms in total. The predicted octanol–water partition coefficient (Wildman–Crippen LogP) is 3.22. The number of hydrogen-bond acceptors (Lipinski definition) is 5. The van der Waals surface area contributed by atoms with Crippen LogP contribution in [0.25, 0.3) is 0 Å². The molecule has 2 unspecified atom stereocenters. The highest BCUT2D eigenvalue weighted by Crippen LogP contribution is 2.61. The highest BCUT2D eigenvalue weighted by atomic mass is 32.2. The van der Waals surface area contributed by atoms with Crippen LogP contribution >= 0.6 is 11.8 Å². The number of nitrogens with one attached hydrogen (secondary N) is 1. The maximum atomic E-state index is 12.8. The predicted molar refractivity (Wildman–Crippen MR) is 99.9 cm³/mol. The van der Waals surface area contributed by atoms with Gasteiger partial charge in [0.1, 0.15) is 0 Å². The van der Waals surface area contributed by atoms with Crippen LogP contribution in [0.1, 0.15) is 38.5 Å². The summed E-state index contributed by atoms with van der Waals surface area (Å²) in [6, 6.07) is 7.53. The molecular weight excluding hydrogens is 350 g/mol. The number of ether oxygens (including phenoxy) is 1. The van der Waals surface area contributed by atoms with Crippen LogP contribution in [0.3, 0.4) is 0 Å². The van der Waals surface area contributed by atoms with Gasteiger partial charge in [-0.05, 0) is 80.9 Å². The first-order valence-corrected chi connectivity index (χ1v) is 10.5. The maximum absolute atomic E-state index is 12.8. The van der Waals surface area contributed by atoms with Crippen LogP contribution in [0.4, 0.5) is 5.69 Å². The van der Waals surface area contributed by atoms with Crippen LogP contribution in [0, 0.1) is 17.3 Å². The van der Waals surface area contributed by atoms with E-state index in [9.17, 15) is 14.7 Å². The Bertz CT molecular complexity index is 703. The van der Waals surface area contributed by atoms with Crippen molar-refractivity contribution in [3.63, 3.8) is 0 Å². The van der Waals surface area contributed by atoms with E-state index < -0.39 is 11.0 Å². The molecule has 4 aliphatic rings. The van der Waals surface area contributed by atoms with Gasteiger partial charge in [0.05, 0.1) is 11.0 Å². The molecule has 6 heteroatoms. The Morgan fingerprint density at radius 1 is 1.19 bits per heavy atom. The van der Waals surface area contributed by atoms with Crippen molar-refractivity contribution in [2.75, 3.05) is 18.2 Å². The molecule has 1 amide bonds. The van der Waals surface area contributed by atoms with Gasteiger partial charge < -0.3 is 15.2 Å². The molecule has 0 aromatic heterocycles. The minimum Gasteiger partial charge on any atom is -0.455 e. The second kappa shape index (κ2) is 6.57. The third-order valence-corrected chi connectivity index (χ3v) is 6.91. The van der Waals surface area contributed by atoms with Gasteiger partial charge in [0.25, 0.3) is 5.91 Å². The number of anilines is 1. The number of carbonyl (C=O) groups is 2. The van der Waals surface area contributed by atoms with Crippen LogP contribution in [0.15, 0.2) is 29.2 Å². The number of thioether (sulfide) groups is 1. The van der Waals surface area contributed by atoms with Crippen molar-refractivity contribution in [2.45, 2.75) is 49.0 Å². The van der Waals surface area contributed by atoms with Crippen molar-refractivity contribution in [1.82, 2.24) is 0 Å². The van der Waals surface area contributed by atoms with Crippen molar-refractivity contribution in [3.05, 3.63) is 24.3 Å². The molecule has 0 spiro atoms. The third kappa shape index (κ3) is 3.37. The van der Waals surface area contributed by atoms with E-state index in [1.165, 1.54) is 0 Å². The Balaban J connectivity index is 1.34. The molecule has 4 saturated carbocycles. The number of amides is 1. The number of benzene rings is 1. The Kier molecular flexibility index (Phi) is 4.51. The number of hydrogen-bond donors (Lipinski definition) is 2. The quantitative estimate of drug-likeness (QED) is 0.610. The van der Waals surface area contributed by atoms with E-state index in [4.69, 9.17) is 4.74 Å². The molecule has 2 atom stereocenters. The third-order valence-electron chi connectivity index (χ3n) is 6.17. The van der Waals surface area contributed by atoms with E-state index >= 15 is 0 Å². The molecule has 4 fully saturated rings. The topological polar surface area (TPSA) is 75.6 Å². The lowest BCUT2D eigenvalue weighted by atomic mass is 9.48. The molecule has 0 aliphatic heterocycles. The molecule has 1 aromatic carbocycles. The first kappa shape index (κ1) is 17.9. The zero-order chi connectivity index (χ0) is 18.4. The molecule has 5 rings (SSSR count). The van der Waals surface area contributed by atoms with Crippen molar-refractivity contribution in [2.24, 2.45) is 17.3 Å². The summed E-state index contributed by atoms with van der Waals surface area (Å²) in [6.07, 6.45) is 6.81. The fourth-order valence-corrected chi connectivity index (χ4v) is 6.02. The van der Waals surface area contributed by atoms with E-state index in [1.807, 2.05) is 30.5 Å². The Morgan fingerprint density at radius 2 is 1.85 bits per heavy atom. The van der Waals surface area contributed by atoms with E-state index in [1.54, 1.807) is 11.8 Å². The van der Waals surface area contributed by atoms with Crippen LogP contribution in [-0.2, 0) is 14.3 Å². The standard InChI is InChI=1S/C20H25NO4S/c1-26-16-4-2-15(3-5-16)21-17(22)11-25-18(23)19-7-13-6-14(8-19)10-20(24,9-13)12-19/h2-5,13-14,24H,6-12H2,1H3,(H,21,22). The molecule has 140 valence electrons. The number of esters is 1.